The van der Waals surface area contributed by atoms with Crippen molar-refractivity contribution in [2.24, 2.45) is 5.11 Å². The fourth-order valence-electron chi connectivity index (χ4n) is 1.66. The van der Waals surface area contributed by atoms with Crippen LogP contribution in [0.1, 0.15) is 20.8 Å². The van der Waals surface area contributed by atoms with Gasteiger partial charge in [-0.05, 0) is 0 Å². The zero-order chi connectivity index (χ0) is 16.8. The molecule has 0 bridgehead atoms. The molecule has 0 aliphatic carbocycles. The van der Waals surface area contributed by atoms with E-state index in [0.29, 0.717) is 0 Å². The van der Waals surface area contributed by atoms with Crippen LogP contribution >= 0.6 is 0 Å². The third-order valence-corrected chi connectivity index (χ3v) is 12.9. The van der Waals surface area contributed by atoms with E-state index in [1.807, 2.05) is 0 Å². The SMILES string of the molecule is CC(=O)[O][Pb]([O]C(C)=O)([O]C(C)=O)[c]1ccccc1N=[N+]=[N-]. The van der Waals surface area contributed by atoms with Crippen LogP contribution in [0, 0.1) is 0 Å². The van der Waals surface area contributed by atoms with Crippen molar-refractivity contribution in [1.29, 1.82) is 0 Å². The molecule has 10 heteroatoms. The normalized spacial score (nSPS) is 10.1. The van der Waals surface area contributed by atoms with Gasteiger partial charge in [0.1, 0.15) is 0 Å². The average Bonchev–Trinajstić information content (AvgIpc) is 2.37. The molecule has 1 aromatic carbocycles. The Bertz CT molecular complexity index is 615. The first-order valence-corrected chi connectivity index (χ1v) is 12.7. The molecule has 0 fully saturated rings. The maximum absolute atomic E-state index is 11.4. The number of carbonyl (C=O) groups is 3. The second-order valence-electron chi connectivity index (χ2n) is 4.04. The van der Waals surface area contributed by atoms with Gasteiger partial charge >= 0.3 is 132 Å². The summed E-state index contributed by atoms with van der Waals surface area (Å²) in [5.41, 5.74) is 8.68. The van der Waals surface area contributed by atoms with Crippen LogP contribution in [-0.2, 0) is 22.4 Å². The van der Waals surface area contributed by atoms with Gasteiger partial charge in [-0.15, -0.1) is 0 Å². The first-order chi connectivity index (χ1) is 10.3. The Morgan fingerprint density at radius 3 is 1.86 bits per heavy atom. The molecule has 0 unspecified atom stereocenters. The molecule has 0 aliphatic heterocycles. The zero-order valence-corrected chi connectivity index (χ0v) is 16.0. The van der Waals surface area contributed by atoms with E-state index in [1.54, 1.807) is 12.1 Å². The number of carbonyl (C=O) groups excluding carboxylic acids is 3. The van der Waals surface area contributed by atoms with Crippen LogP contribution in [0.3, 0.4) is 0 Å². The third kappa shape index (κ3) is 4.70. The van der Waals surface area contributed by atoms with Crippen molar-refractivity contribution in [3.63, 3.8) is 0 Å². The van der Waals surface area contributed by atoms with Gasteiger partial charge in [0, 0.05) is 0 Å². The molecular formula is C12H13N3O6Pb. The number of benzene rings is 1. The summed E-state index contributed by atoms with van der Waals surface area (Å²) in [6.45, 7) is 3.29. The fraction of sp³-hybridized carbons (Fsp3) is 0.250. The van der Waals surface area contributed by atoms with E-state index < -0.39 is 40.4 Å². The minimum absolute atomic E-state index is 0.0652. The van der Waals surface area contributed by atoms with Gasteiger partial charge in [-0.2, -0.15) is 0 Å². The van der Waals surface area contributed by atoms with E-state index in [-0.39, 0.29) is 8.81 Å². The molecule has 0 saturated heterocycles. The van der Waals surface area contributed by atoms with Crippen LogP contribution in [0.15, 0.2) is 29.4 Å². The summed E-state index contributed by atoms with van der Waals surface area (Å²) in [4.78, 5) is 36.9. The number of hydrogen-bond donors (Lipinski definition) is 0. The molecule has 1 aromatic rings. The predicted octanol–water partition coefficient (Wildman–Crippen LogP) is 1.46. The van der Waals surface area contributed by atoms with Crippen molar-refractivity contribution in [1.82, 2.24) is 0 Å². The summed E-state index contributed by atoms with van der Waals surface area (Å²) >= 11 is -5.33. The Balaban J connectivity index is 3.58. The molecule has 1 rings (SSSR count). The van der Waals surface area contributed by atoms with Crippen LogP contribution in [0.5, 0.6) is 0 Å². The van der Waals surface area contributed by atoms with Gasteiger partial charge in [0.05, 0.1) is 0 Å². The van der Waals surface area contributed by atoms with Crippen molar-refractivity contribution >= 4 is 49.2 Å². The summed E-state index contributed by atoms with van der Waals surface area (Å²) in [6.07, 6.45) is 0. The third-order valence-electron chi connectivity index (χ3n) is 2.22. The average molecular weight is 502 g/mol. The maximum atomic E-state index is 11.4. The Morgan fingerprint density at radius 2 is 1.45 bits per heavy atom. The molecule has 0 spiro atoms. The predicted molar refractivity (Wildman–Crippen MR) is 75.9 cm³/mol. The molecule has 0 heterocycles. The Morgan fingerprint density at radius 1 is 1.00 bits per heavy atom. The Hall–Kier alpha value is -2.14. The fourth-order valence-corrected chi connectivity index (χ4v) is 10.8. The molecule has 0 aromatic heterocycles. The molecule has 0 radical (unpaired) electrons. The molecule has 0 atom stereocenters. The molecular weight excluding hydrogens is 489 g/mol. The van der Waals surface area contributed by atoms with Crippen molar-refractivity contribution in [2.75, 3.05) is 0 Å². The second kappa shape index (κ2) is 7.75. The van der Waals surface area contributed by atoms with E-state index in [0.717, 1.165) is 20.8 Å². The van der Waals surface area contributed by atoms with Crippen LogP contribution in [0.4, 0.5) is 5.69 Å². The summed E-state index contributed by atoms with van der Waals surface area (Å²) in [5, 5.41) is 3.46. The van der Waals surface area contributed by atoms with Gasteiger partial charge in [-0.25, -0.2) is 0 Å². The minimum atomic E-state index is -5.33. The van der Waals surface area contributed by atoms with Gasteiger partial charge in [0.2, 0.25) is 0 Å². The Kier molecular flexibility index (Phi) is 6.31. The van der Waals surface area contributed by atoms with E-state index >= 15 is 0 Å². The Labute approximate surface area is 132 Å². The number of hydrogen-bond acceptors (Lipinski definition) is 7. The second-order valence-corrected chi connectivity index (χ2v) is 12.8. The van der Waals surface area contributed by atoms with Crippen molar-refractivity contribution in [3.8, 4) is 0 Å². The van der Waals surface area contributed by atoms with E-state index in [2.05, 4.69) is 10.0 Å². The first-order valence-electron chi connectivity index (χ1n) is 6.04. The molecule has 0 N–H and O–H groups in total. The summed E-state index contributed by atoms with van der Waals surface area (Å²) in [6, 6.07) is 5.99. The summed E-state index contributed by atoms with van der Waals surface area (Å²) in [5.74, 6) is -2.33. The van der Waals surface area contributed by atoms with Crippen LogP contribution in [-0.4, -0.2) is 40.4 Å². The monoisotopic (exact) mass is 503 g/mol. The molecule has 0 amide bonds. The van der Waals surface area contributed by atoms with Gasteiger partial charge in [0.25, 0.3) is 0 Å². The topological polar surface area (TPSA) is 128 Å². The van der Waals surface area contributed by atoms with Gasteiger partial charge in [-0.3, -0.25) is 0 Å². The van der Waals surface area contributed by atoms with Crippen LogP contribution in [0.25, 0.3) is 10.4 Å². The van der Waals surface area contributed by atoms with Crippen LogP contribution < -0.4 is 3.12 Å². The van der Waals surface area contributed by atoms with Gasteiger partial charge in [-0.1, -0.05) is 0 Å². The van der Waals surface area contributed by atoms with Crippen LogP contribution in [0.2, 0.25) is 0 Å². The number of nitrogens with zero attached hydrogens (tertiary/aromatic N) is 3. The molecule has 9 nitrogen and oxygen atoms in total. The van der Waals surface area contributed by atoms with E-state index in [1.165, 1.54) is 12.1 Å². The molecule has 116 valence electrons. The molecule has 0 aliphatic rings. The van der Waals surface area contributed by atoms with Gasteiger partial charge < -0.3 is 0 Å². The molecule has 0 saturated carbocycles. The number of rotatable bonds is 5. The molecule has 22 heavy (non-hydrogen) atoms. The van der Waals surface area contributed by atoms with E-state index in [4.69, 9.17) is 13.6 Å². The zero-order valence-electron chi connectivity index (χ0n) is 12.1. The standard InChI is InChI=1S/C6H4N3.3C2H4O2.Pb/c7-9-8-6-4-2-1-3-5-6;3*1-2(3)4;/h1-4H;3*1H3,(H,3,4);/q;;;;+3/p-3. The van der Waals surface area contributed by atoms with Crippen molar-refractivity contribution in [3.05, 3.63) is 34.7 Å². The van der Waals surface area contributed by atoms with Crippen molar-refractivity contribution < 1.29 is 22.4 Å². The first kappa shape index (κ1) is 17.9. The van der Waals surface area contributed by atoms with Crippen molar-refractivity contribution in [2.45, 2.75) is 20.8 Å². The number of azide groups is 1. The van der Waals surface area contributed by atoms with E-state index in [9.17, 15) is 14.4 Å². The van der Waals surface area contributed by atoms with Gasteiger partial charge in [0.15, 0.2) is 0 Å². The summed E-state index contributed by atoms with van der Waals surface area (Å²) in [7, 11) is 0. The summed E-state index contributed by atoms with van der Waals surface area (Å²) < 4.78 is 15.6. The quantitative estimate of drug-likeness (QED) is 0.260.